The average Bonchev–Trinajstić information content (AvgIpc) is 2.38. The second kappa shape index (κ2) is 6.24. The van der Waals surface area contributed by atoms with Crippen molar-refractivity contribution in [2.45, 2.75) is 30.8 Å². The fourth-order valence-corrected chi connectivity index (χ4v) is 3.54. The van der Waals surface area contributed by atoms with Gasteiger partial charge in [-0.1, -0.05) is 19.1 Å². The van der Waals surface area contributed by atoms with Crippen LogP contribution in [0.2, 0.25) is 0 Å². The standard InChI is InChI=1S/C15H24N2O2S/c1-12-10-17(9-8-15(12)16-2)11-13-4-6-14(7-5-13)20(3,18)19/h4-7,12,15-16H,8-11H2,1-3H3. The molecule has 2 atom stereocenters. The van der Waals surface area contributed by atoms with Crippen LogP contribution in [0.3, 0.4) is 0 Å². The third-order valence-corrected chi connectivity index (χ3v) is 5.25. The van der Waals surface area contributed by atoms with Crippen LogP contribution >= 0.6 is 0 Å². The number of sulfone groups is 1. The first-order valence-electron chi connectivity index (χ1n) is 7.09. The van der Waals surface area contributed by atoms with E-state index in [2.05, 4.69) is 17.1 Å². The van der Waals surface area contributed by atoms with Crippen molar-refractivity contribution in [3.8, 4) is 0 Å². The molecule has 0 bridgehead atoms. The van der Waals surface area contributed by atoms with E-state index in [1.54, 1.807) is 12.1 Å². The monoisotopic (exact) mass is 296 g/mol. The predicted molar refractivity (Wildman–Crippen MR) is 81.5 cm³/mol. The van der Waals surface area contributed by atoms with Gasteiger partial charge in [0.15, 0.2) is 9.84 Å². The molecule has 1 aromatic carbocycles. The van der Waals surface area contributed by atoms with E-state index in [4.69, 9.17) is 0 Å². The average molecular weight is 296 g/mol. The zero-order chi connectivity index (χ0) is 14.8. The molecule has 0 spiro atoms. The maximum Gasteiger partial charge on any atom is 0.175 e. The Balaban J connectivity index is 1.98. The number of rotatable bonds is 4. The Morgan fingerprint density at radius 1 is 1.30 bits per heavy atom. The van der Waals surface area contributed by atoms with E-state index in [0.29, 0.717) is 16.9 Å². The van der Waals surface area contributed by atoms with Crippen LogP contribution in [-0.2, 0) is 16.4 Å². The molecule has 0 saturated carbocycles. The van der Waals surface area contributed by atoms with E-state index in [-0.39, 0.29) is 0 Å². The Kier molecular flexibility index (Phi) is 4.83. The van der Waals surface area contributed by atoms with Gasteiger partial charge in [-0.25, -0.2) is 8.42 Å². The molecule has 20 heavy (non-hydrogen) atoms. The summed E-state index contributed by atoms with van der Waals surface area (Å²) >= 11 is 0. The molecule has 1 aliphatic heterocycles. The molecule has 1 aliphatic rings. The minimum atomic E-state index is -3.09. The summed E-state index contributed by atoms with van der Waals surface area (Å²) in [6, 6.07) is 7.86. The molecule has 0 aromatic heterocycles. The highest BCUT2D eigenvalue weighted by Gasteiger charge is 2.24. The second-order valence-electron chi connectivity index (χ2n) is 5.81. The molecule has 2 unspecified atom stereocenters. The SMILES string of the molecule is CNC1CCN(Cc2ccc(S(C)(=O)=O)cc2)CC1C. The topological polar surface area (TPSA) is 49.4 Å². The zero-order valence-corrected chi connectivity index (χ0v) is 13.3. The van der Waals surface area contributed by atoms with Crippen molar-refractivity contribution < 1.29 is 8.42 Å². The van der Waals surface area contributed by atoms with Crippen molar-refractivity contribution in [2.75, 3.05) is 26.4 Å². The third-order valence-electron chi connectivity index (χ3n) is 4.12. The van der Waals surface area contributed by atoms with Gasteiger partial charge in [0.05, 0.1) is 4.90 Å². The van der Waals surface area contributed by atoms with Crippen molar-refractivity contribution in [3.63, 3.8) is 0 Å². The van der Waals surface area contributed by atoms with E-state index in [9.17, 15) is 8.42 Å². The highest BCUT2D eigenvalue weighted by molar-refractivity contribution is 7.90. The molecular formula is C15H24N2O2S. The molecule has 1 aromatic rings. The number of hydrogen-bond acceptors (Lipinski definition) is 4. The first-order chi connectivity index (χ1) is 9.40. The molecule has 1 saturated heterocycles. The Hall–Kier alpha value is -0.910. The van der Waals surface area contributed by atoms with E-state index < -0.39 is 9.84 Å². The largest absolute Gasteiger partial charge is 0.317 e. The molecule has 1 heterocycles. The fourth-order valence-electron chi connectivity index (χ4n) is 2.90. The van der Waals surface area contributed by atoms with Crippen LogP contribution in [0, 0.1) is 5.92 Å². The molecule has 1 N–H and O–H groups in total. The summed E-state index contributed by atoms with van der Waals surface area (Å²) in [5, 5.41) is 3.37. The van der Waals surface area contributed by atoms with Crippen molar-refractivity contribution in [1.82, 2.24) is 10.2 Å². The van der Waals surface area contributed by atoms with Crippen molar-refractivity contribution >= 4 is 9.84 Å². The van der Waals surface area contributed by atoms with Crippen LogP contribution in [0.25, 0.3) is 0 Å². The van der Waals surface area contributed by atoms with Gasteiger partial charge in [-0.3, -0.25) is 4.90 Å². The van der Waals surface area contributed by atoms with Crippen molar-refractivity contribution in [2.24, 2.45) is 5.92 Å². The lowest BCUT2D eigenvalue weighted by atomic mass is 9.94. The third kappa shape index (κ3) is 3.81. The summed E-state index contributed by atoms with van der Waals surface area (Å²) in [5.41, 5.74) is 1.17. The highest BCUT2D eigenvalue weighted by atomic mass is 32.2. The molecular weight excluding hydrogens is 272 g/mol. The van der Waals surface area contributed by atoms with Gasteiger partial charge in [0.2, 0.25) is 0 Å². The van der Waals surface area contributed by atoms with Gasteiger partial charge < -0.3 is 5.32 Å². The Bertz CT molecular complexity index is 539. The van der Waals surface area contributed by atoms with Gasteiger partial charge in [0.25, 0.3) is 0 Å². The van der Waals surface area contributed by atoms with E-state index in [1.807, 2.05) is 19.2 Å². The van der Waals surface area contributed by atoms with Crippen LogP contribution < -0.4 is 5.32 Å². The first-order valence-corrected chi connectivity index (χ1v) is 8.98. The lowest BCUT2D eigenvalue weighted by molar-refractivity contribution is 0.145. The van der Waals surface area contributed by atoms with Crippen LogP contribution in [0.15, 0.2) is 29.2 Å². The molecule has 112 valence electrons. The predicted octanol–water partition coefficient (Wildman–Crippen LogP) is 1.52. The summed E-state index contributed by atoms with van der Waals surface area (Å²) in [4.78, 5) is 2.83. The smallest absolute Gasteiger partial charge is 0.175 e. The van der Waals surface area contributed by atoms with Gasteiger partial charge in [-0.15, -0.1) is 0 Å². The van der Waals surface area contributed by atoms with E-state index in [0.717, 1.165) is 19.6 Å². The van der Waals surface area contributed by atoms with Crippen LogP contribution in [0.4, 0.5) is 0 Å². The number of nitrogens with zero attached hydrogens (tertiary/aromatic N) is 1. The maximum absolute atomic E-state index is 11.4. The summed E-state index contributed by atoms with van der Waals surface area (Å²) in [7, 11) is -1.07. The molecule has 0 radical (unpaired) electrons. The molecule has 0 amide bonds. The normalized spacial score (nSPS) is 24.8. The van der Waals surface area contributed by atoms with E-state index in [1.165, 1.54) is 18.2 Å². The van der Waals surface area contributed by atoms with Gasteiger partial charge in [-0.2, -0.15) is 0 Å². The number of hydrogen-bond donors (Lipinski definition) is 1. The number of piperidine rings is 1. The van der Waals surface area contributed by atoms with Gasteiger partial charge in [-0.05, 0) is 43.6 Å². The van der Waals surface area contributed by atoms with Crippen LogP contribution in [0.1, 0.15) is 18.9 Å². The first kappa shape index (κ1) is 15.5. The lowest BCUT2D eigenvalue weighted by Crippen LogP contribution is -2.46. The minimum absolute atomic E-state index is 0.392. The Labute approximate surface area is 122 Å². The van der Waals surface area contributed by atoms with Gasteiger partial charge in [0, 0.05) is 25.4 Å². The number of benzene rings is 1. The van der Waals surface area contributed by atoms with Gasteiger partial charge in [0.1, 0.15) is 0 Å². The van der Waals surface area contributed by atoms with Crippen molar-refractivity contribution in [3.05, 3.63) is 29.8 Å². The quantitative estimate of drug-likeness (QED) is 0.915. The summed E-state index contributed by atoms with van der Waals surface area (Å²) in [5.74, 6) is 0.643. The molecule has 0 aliphatic carbocycles. The molecule has 2 rings (SSSR count). The molecule has 1 fully saturated rings. The summed E-state index contributed by atoms with van der Waals surface area (Å²) in [6.07, 6.45) is 2.41. The second-order valence-corrected chi connectivity index (χ2v) is 7.83. The molecule has 4 nitrogen and oxygen atoms in total. The number of likely N-dealkylation sites (tertiary alicyclic amines) is 1. The minimum Gasteiger partial charge on any atom is -0.317 e. The van der Waals surface area contributed by atoms with Crippen LogP contribution in [-0.4, -0.2) is 45.8 Å². The lowest BCUT2D eigenvalue weighted by Gasteiger charge is -2.36. The highest BCUT2D eigenvalue weighted by Crippen LogP contribution is 2.19. The van der Waals surface area contributed by atoms with Gasteiger partial charge >= 0.3 is 0 Å². The molecule has 5 heteroatoms. The van der Waals surface area contributed by atoms with Crippen LogP contribution in [0.5, 0.6) is 0 Å². The fraction of sp³-hybridized carbons (Fsp3) is 0.600. The zero-order valence-electron chi connectivity index (χ0n) is 12.5. The maximum atomic E-state index is 11.4. The van der Waals surface area contributed by atoms with E-state index >= 15 is 0 Å². The number of nitrogens with one attached hydrogen (secondary N) is 1. The van der Waals surface area contributed by atoms with Crippen molar-refractivity contribution in [1.29, 1.82) is 0 Å². The summed E-state index contributed by atoms with van der Waals surface area (Å²) in [6.45, 7) is 5.34. The Morgan fingerprint density at radius 3 is 2.45 bits per heavy atom. The summed E-state index contributed by atoms with van der Waals surface area (Å²) < 4.78 is 22.9. The Morgan fingerprint density at radius 2 is 1.95 bits per heavy atom.